The van der Waals surface area contributed by atoms with Crippen LogP contribution in [0.5, 0.6) is 5.75 Å². The average Bonchev–Trinajstić information content (AvgIpc) is 2.64. The van der Waals surface area contributed by atoms with Crippen molar-refractivity contribution in [1.29, 1.82) is 0 Å². The summed E-state index contributed by atoms with van der Waals surface area (Å²) in [6, 6.07) is 0. The quantitative estimate of drug-likeness (QED) is 0.790. The second kappa shape index (κ2) is 4.53. The molecular weight excluding hydrogens is 269 g/mol. The average molecular weight is 276 g/mol. The molecule has 2 aromatic heterocycles. The molecule has 0 aliphatic carbocycles. The summed E-state index contributed by atoms with van der Waals surface area (Å²) in [5, 5.41) is 2.96. The lowest BCUT2D eigenvalue weighted by molar-refractivity contribution is 0.411. The Hall–Kier alpha value is -0.910. The molecule has 0 N–H and O–H groups in total. The molecule has 0 unspecified atom stereocenters. The number of rotatable bonds is 2. The minimum Gasteiger partial charge on any atom is -0.491 e. The van der Waals surface area contributed by atoms with Gasteiger partial charge in [-0.3, -0.25) is 0 Å². The van der Waals surface area contributed by atoms with Crippen molar-refractivity contribution >= 4 is 34.5 Å². The highest BCUT2D eigenvalue weighted by Crippen LogP contribution is 2.32. The normalized spacial score (nSPS) is 10.5. The minimum atomic E-state index is 0.186. The van der Waals surface area contributed by atoms with Gasteiger partial charge in [0, 0.05) is 11.1 Å². The van der Waals surface area contributed by atoms with Crippen molar-refractivity contribution < 1.29 is 4.74 Å². The Morgan fingerprint density at radius 2 is 1.81 bits per heavy atom. The molecule has 0 fully saturated rings. The molecule has 0 spiro atoms. The monoisotopic (exact) mass is 275 g/mol. The zero-order valence-electron chi connectivity index (χ0n) is 8.49. The summed E-state index contributed by atoms with van der Waals surface area (Å²) in [5.41, 5.74) is 0.909. The smallest absolute Gasteiger partial charge is 0.193 e. The molecule has 2 aromatic rings. The first kappa shape index (κ1) is 11.6. The van der Waals surface area contributed by atoms with Crippen LogP contribution in [0.15, 0.2) is 5.38 Å². The van der Waals surface area contributed by atoms with Crippen LogP contribution in [0.2, 0.25) is 10.3 Å². The summed E-state index contributed by atoms with van der Waals surface area (Å²) in [5.74, 6) is 0.689. The fraction of sp³-hybridized carbons (Fsp3) is 0.222. The van der Waals surface area contributed by atoms with E-state index in [9.17, 15) is 0 Å². The number of hydrogen-bond acceptors (Lipinski definition) is 5. The molecule has 0 bridgehead atoms. The van der Waals surface area contributed by atoms with Crippen LogP contribution in [-0.4, -0.2) is 22.1 Å². The van der Waals surface area contributed by atoms with Crippen LogP contribution in [0.25, 0.3) is 10.8 Å². The second-order valence-corrected chi connectivity index (χ2v) is 4.53. The lowest BCUT2D eigenvalue weighted by Crippen LogP contribution is -1.95. The van der Waals surface area contributed by atoms with Crippen molar-refractivity contribution in [1.82, 2.24) is 15.0 Å². The van der Waals surface area contributed by atoms with Gasteiger partial charge in [0.05, 0.1) is 7.11 Å². The Morgan fingerprint density at radius 3 is 2.25 bits per heavy atom. The van der Waals surface area contributed by atoms with E-state index in [1.807, 2.05) is 12.3 Å². The van der Waals surface area contributed by atoms with Gasteiger partial charge in [-0.05, 0) is 6.92 Å². The van der Waals surface area contributed by atoms with Crippen molar-refractivity contribution in [3.05, 3.63) is 21.4 Å². The second-order valence-electron chi connectivity index (χ2n) is 2.96. The molecule has 2 heterocycles. The maximum atomic E-state index is 5.91. The molecule has 0 amide bonds. The summed E-state index contributed by atoms with van der Waals surface area (Å²) < 4.78 is 4.97. The Balaban J connectivity index is 2.52. The molecule has 4 nitrogen and oxygen atoms in total. The largest absolute Gasteiger partial charge is 0.491 e. The molecule has 0 aromatic carbocycles. The first-order valence-electron chi connectivity index (χ1n) is 4.31. The van der Waals surface area contributed by atoms with Gasteiger partial charge in [0.25, 0.3) is 0 Å². The topological polar surface area (TPSA) is 47.9 Å². The summed E-state index contributed by atoms with van der Waals surface area (Å²) in [4.78, 5) is 12.4. The van der Waals surface area contributed by atoms with Crippen LogP contribution in [-0.2, 0) is 0 Å². The summed E-state index contributed by atoms with van der Waals surface area (Å²) in [7, 11) is 1.46. The standard InChI is InChI=1S/C9H7Cl2N3OS/c1-4-3-16-9(12-4)8-13-6(10)5(15-2)7(11)14-8/h3H,1-2H3. The van der Waals surface area contributed by atoms with Crippen LogP contribution in [0.1, 0.15) is 5.69 Å². The molecule has 0 aliphatic heterocycles. The molecule has 7 heteroatoms. The number of ether oxygens (including phenoxy) is 1. The predicted octanol–water partition coefficient (Wildman–Crippen LogP) is 3.22. The van der Waals surface area contributed by atoms with E-state index in [2.05, 4.69) is 15.0 Å². The van der Waals surface area contributed by atoms with Crippen LogP contribution in [0.4, 0.5) is 0 Å². The first-order chi connectivity index (χ1) is 7.61. The van der Waals surface area contributed by atoms with Gasteiger partial charge >= 0.3 is 0 Å². The van der Waals surface area contributed by atoms with E-state index >= 15 is 0 Å². The van der Waals surface area contributed by atoms with Crippen LogP contribution in [0.3, 0.4) is 0 Å². The predicted molar refractivity (Wildman–Crippen MR) is 64.4 cm³/mol. The highest BCUT2D eigenvalue weighted by Gasteiger charge is 2.14. The van der Waals surface area contributed by atoms with Crippen LogP contribution in [0, 0.1) is 6.92 Å². The number of aromatic nitrogens is 3. The van der Waals surface area contributed by atoms with Gasteiger partial charge in [0.15, 0.2) is 26.9 Å². The third kappa shape index (κ3) is 2.11. The molecule has 16 heavy (non-hydrogen) atoms. The van der Waals surface area contributed by atoms with Gasteiger partial charge in [-0.2, -0.15) is 0 Å². The zero-order valence-corrected chi connectivity index (χ0v) is 10.8. The first-order valence-corrected chi connectivity index (χ1v) is 5.95. The Kier molecular flexibility index (Phi) is 3.28. The minimum absolute atomic E-state index is 0.186. The van der Waals surface area contributed by atoms with Gasteiger partial charge in [-0.1, -0.05) is 23.2 Å². The number of aryl methyl sites for hydroxylation is 1. The Morgan fingerprint density at radius 1 is 1.19 bits per heavy atom. The highest BCUT2D eigenvalue weighted by atomic mass is 35.5. The van der Waals surface area contributed by atoms with Crippen LogP contribution >= 0.6 is 34.5 Å². The van der Waals surface area contributed by atoms with E-state index in [0.717, 1.165) is 5.69 Å². The van der Waals surface area contributed by atoms with E-state index in [1.165, 1.54) is 18.4 Å². The third-order valence-electron chi connectivity index (χ3n) is 1.80. The maximum Gasteiger partial charge on any atom is 0.193 e. The highest BCUT2D eigenvalue weighted by molar-refractivity contribution is 7.13. The molecular formula is C9H7Cl2N3OS. The molecule has 0 atom stereocenters. The number of hydrogen-bond donors (Lipinski definition) is 0. The fourth-order valence-corrected chi connectivity index (χ4v) is 2.39. The van der Waals surface area contributed by atoms with Gasteiger partial charge in [0.1, 0.15) is 0 Å². The van der Waals surface area contributed by atoms with Gasteiger partial charge in [0.2, 0.25) is 0 Å². The van der Waals surface area contributed by atoms with Gasteiger partial charge < -0.3 is 4.74 Å². The van der Waals surface area contributed by atoms with E-state index in [-0.39, 0.29) is 16.1 Å². The number of thiazole rings is 1. The SMILES string of the molecule is COc1c(Cl)nc(-c2nc(C)cs2)nc1Cl. The molecule has 2 rings (SSSR count). The van der Waals surface area contributed by atoms with E-state index in [0.29, 0.717) is 10.8 Å². The Labute approximate surface area is 106 Å². The maximum absolute atomic E-state index is 5.91. The van der Waals surface area contributed by atoms with Gasteiger partial charge in [-0.15, -0.1) is 11.3 Å². The van der Waals surface area contributed by atoms with Crippen molar-refractivity contribution in [2.45, 2.75) is 6.92 Å². The van der Waals surface area contributed by atoms with E-state index in [1.54, 1.807) is 0 Å². The van der Waals surface area contributed by atoms with Crippen molar-refractivity contribution in [3.63, 3.8) is 0 Å². The lowest BCUT2D eigenvalue weighted by atomic mass is 10.5. The summed E-state index contributed by atoms with van der Waals surface area (Å²) in [6.07, 6.45) is 0. The number of nitrogens with zero attached hydrogens (tertiary/aromatic N) is 3. The Bertz CT molecular complexity index is 506. The fourth-order valence-electron chi connectivity index (χ4n) is 1.12. The molecule has 0 radical (unpaired) electrons. The van der Waals surface area contributed by atoms with E-state index < -0.39 is 0 Å². The van der Waals surface area contributed by atoms with E-state index in [4.69, 9.17) is 27.9 Å². The van der Waals surface area contributed by atoms with Crippen molar-refractivity contribution in [2.24, 2.45) is 0 Å². The van der Waals surface area contributed by atoms with Crippen LogP contribution < -0.4 is 4.74 Å². The summed E-state index contributed by atoms with van der Waals surface area (Å²) >= 11 is 13.3. The molecule has 84 valence electrons. The van der Waals surface area contributed by atoms with Crippen molar-refractivity contribution in [2.75, 3.05) is 7.11 Å². The number of halogens is 2. The summed E-state index contributed by atoms with van der Waals surface area (Å²) in [6.45, 7) is 1.90. The molecule has 0 saturated carbocycles. The van der Waals surface area contributed by atoms with Gasteiger partial charge in [-0.25, -0.2) is 15.0 Å². The zero-order chi connectivity index (χ0) is 11.7. The molecule has 0 aliphatic rings. The molecule has 0 saturated heterocycles. The van der Waals surface area contributed by atoms with Crippen molar-refractivity contribution in [3.8, 4) is 16.6 Å². The lowest BCUT2D eigenvalue weighted by Gasteiger charge is -2.04. The third-order valence-corrected chi connectivity index (χ3v) is 3.27. The number of methoxy groups -OCH3 is 1.